The number of esters is 1. The number of benzene rings is 3. The van der Waals surface area contributed by atoms with Gasteiger partial charge in [-0.25, -0.2) is 4.79 Å². The summed E-state index contributed by atoms with van der Waals surface area (Å²) in [6, 6.07) is 18.5. The van der Waals surface area contributed by atoms with Gasteiger partial charge in [0.05, 0.1) is 12.2 Å². The van der Waals surface area contributed by atoms with E-state index < -0.39 is 0 Å². The molecule has 0 N–H and O–H groups in total. The summed E-state index contributed by atoms with van der Waals surface area (Å²) < 4.78 is 12.2. The summed E-state index contributed by atoms with van der Waals surface area (Å²) in [5.41, 5.74) is 0.495. The Balaban J connectivity index is 1.75. The van der Waals surface area contributed by atoms with Crippen LogP contribution in [0, 0.1) is 0 Å². The number of ether oxygens (including phenoxy) is 2. The molecule has 3 aromatic rings. The molecule has 0 saturated heterocycles. The molecular weight excluding hydrogens is 380 g/mol. The van der Waals surface area contributed by atoms with Crippen molar-refractivity contribution in [3.05, 3.63) is 70.7 Å². The van der Waals surface area contributed by atoms with Gasteiger partial charge < -0.3 is 9.47 Å². The van der Waals surface area contributed by atoms with Gasteiger partial charge in [-0.15, -0.1) is 0 Å². The molecule has 0 bridgehead atoms. The molecule has 3 nitrogen and oxygen atoms in total. The predicted molar refractivity (Wildman–Crippen MR) is 103 cm³/mol. The average Bonchev–Trinajstić information content (AvgIpc) is 2.65. The molecule has 0 aliphatic rings. The highest BCUT2D eigenvalue weighted by molar-refractivity contribution is 9.10. The van der Waals surface area contributed by atoms with Gasteiger partial charge in [-0.1, -0.05) is 53.5 Å². The normalized spacial score (nSPS) is 10.6. The van der Waals surface area contributed by atoms with Gasteiger partial charge in [0.15, 0.2) is 0 Å². The first kappa shape index (κ1) is 17.5. The number of hydrogen-bond donors (Lipinski definition) is 0. The van der Waals surface area contributed by atoms with Crippen molar-refractivity contribution in [1.82, 2.24) is 0 Å². The van der Waals surface area contributed by atoms with Crippen molar-refractivity contribution in [2.45, 2.75) is 19.8 Å². The third-order valence-electron chi connectivity index (χ3n) is 3.89. The lowest BCUT2D eigenvalue weighted by Gasteiger charge is -2.10. The summed E-state index contributed by atoms with van der Waals surface area (Å²) in [7, 11) is 0. The van der Waals surface area contributed by atoms with Gasteiger partial charge in [0.2, 0.25) is 0 Å². The minimum Gasteiger partial charge on any atom is -0.494 e. The van der Waals surface area contributed by atoms with Crippen LogP contribution in [-0.2, 0) is 0 Å². The van der Waals surface area contributed by atoms with Crippen LogP contribution in [0.25, 0.3) is 10.8 Å². The second kappa shape index (κ2) is 8.17. The molecule has 3 aromatic carbocycles. The molecule has 0 aromatic heterocycles. The van der Waals surface area contributed by atoms with Gasteiger partial charge in [0, 0.05) is 9.86 Å². The zero-order valence-electron chi connectivity index (χ0n) is 14.0. The molecule has 0 radical (unpaired) electrons. The standard InChI is InChI=1S/C21H19BrO3/c1-2-3-14-24-16-10-8-15(9-11-16)21(23)25-20-13-12-19(22)17-6-4-5-7-18(17)20/h4-13H,2-3,14H2,1H3. The Kier molecular flexibility index (Phi) is 5.71. The molecule has 3 rings (SSSR count). The number of rotatable bonds is 6. The fraction of sp³-hybridized carbons (Fsp3) is 0.190. The minimum atomic E-state index is -0.382. The van der Waals surface area contributed by atoms with Crippen LogP contribution in [0.1, 0.15) is 30.1 Å². The summed E-state index contributed by atoms with van der Waals surface area (Å²) in [5, 5.41) is 1.90. The largest absolute Gasteiger partial charge is 0.494 e. The van der Waals surface area contributed by atoms with E-state index in [-0.39, 0.29) is 5.97 Å². The number of fused-ring (bicyclic) bond motifs is 1. The molecule has 0 amide bonds. The Hall–Kier alpha value is -2.33. The fourth-order valence-corrected chi connectivity index (χ4v) is 2.98. The van der Waals surface area contributed by atoms with Crippen LogP contribution in [-0.4, -0.2) is 12.6 Å². The zero-order valence-corrected chi connectivity index (χ0v) is 15.6. The van der Waals surface area contributed by atoms with Crippen LogP contribution in [0.5, 0.6) is 11.5 Å². The second-order valence-corrected chi connectivity index (χ2v) is 6.56. The summed E-state index contributed by atoms with van der Waals surface area (Å²) in [6.07, 6.45) is 2.10. The number of unbranched alkanes of at least 4 members (excludes halogenated alkanes) is 1. The van der Waals surface area contributed by atoms with Crippen molar-refractivity contribution < 1.29 is 14.3 Å². The Bertz CT molecular complexity index is 872. The van der Waals surface area contributed by atoms with Gasteiger partial charge >= 0.3 is 5.97 Å². The van der Waals surface area contributed by atoms with Crippen molar-refractivity contribution in [2.75, 3.05) is 6.61 Å². The van der Waals surface area contributed by atoms with E-state index >= 15 is 0 Å². The summed E-state index contributed by atoms with van der Waals surface area (Å²) in [4.78, 5) is 12.4. The molecule has 0 fully saturated rings. The van der Waals surface area contributed by atoms with Crippen LogP contribution in [0.3, 0.4) is 0 Å². The molecule has 0 saturated carbocycles. The van der Waals surface area contributed by atoms with E-state index in [9.17, 15) is 4.79 Å². The highest BCUT2D eigenvalue weighted by Crippen LogP contribution is 2.32. The van der Waals surface area contributed by atoms with E-state index in [1.807, 2.05) is 30.3 Å². The van der Waals surface area contributed by atoms with Gasteiger partial charge in [-0.2, -0.15) is 0 Å². The lowest BCUT2D eigenvalue weighted by molar-refractivity contribution is 0.0737. The smallest absolute Gasteiger partial charge is 0.343 e. The van der Waals surface area contributed by atoms with E-state index in [0.29, 0.717) is 17.9 Å². The van der Waals surface area contributed by atoms with Crippen LogP contribution in [0.4, 0.5) is 0 Å². The molecule has 25 heavy (non-hydrogen) atoms. The second-order valence-electron chi connectivity index (χ2n) is 5.71. The first-order chi connectivity index (χ1) is 12.2. The Morgan fingerprint density at radius 2 is 1.68 bits per heavy atom. The van der Waals surface area contributed by atoms with Crippen molar-refractivity contribution in [2.24, 2.45) is 0 Å². The highest BCUT2D eigenvalue weighted by Gasteiger charge is 2.12. The summed E-state index contributed by atoms with van der Waals surface area (Å²) in [6.45, 7) is 2.81. The third-order valence-corrected chi connectivity index (χ3v) is 4.58. The summed E-state index contributed by atoms with van der Waals surface area (Å²) in [5.74, 6) is 0.929. The quantitative estimate of drug-likeness (QED) is 0.290. The molecule has 4 heteroatoms. The first-order valence-electron chi connectivity index (χ1n) is 8.31. The van der Waals surface area contributed by atoms with Crippen molar-refractivity contribution in [1.29, 1.82) is 0 Å². The predicted octanol–water partition coefficient (Wildman–Crippen LogP) is 6.00. The molecule has 0 atom stereocenters. The molecule has 0 spiro atoms. The molecular formula is C21H19BrO3. The Morgan fingerprint density at radius 1 is 0.960 bits per heavy atom. The maximum atomic E-state index is 12.4. The lowest BCUT2D eigenvalue weighted by Crippen LogP contribution is -2.08. The van der Waals surface area contributed by atoms with E-state index in [1.165, 1.54) is 0 Å². The van der Waals surface area contributed by atoms with E-state index in [1.54, 1.807) is 30.3 Å². The van der Waals surface area contributed by atoms with Crippen LogP contribution >= 0.6 is 15.9 Å². The van der Waals surface area contributed by atoms with E-state index in [2.05, 4.69) is 22.9 Å². The molecule has 0 unspecified atom stereocenters. The molecule has 0 aliphatic heterocycles. The SMILES string of the molecule is CCCCOc1ccc(C(=O)Oc2ccc(Br)c3ccccc23)cc1. The van der Waals surface area contributed by atoms with Crippen molar-refractivity contribution >= 4 is 32.7 Å². The van der Waals surface area contributed by atoms with Gasteiger partial charge in [0.25, 0.3) is 0 Å². The van der Waals surface area contributed by atoms with Gasteiger partial charge in [0.1, 0.15) is 11.5 Å². The first-order valence-corrected chi connectivity index (χ1v) is 9.10. The van der Waals surface area contributed by atoms with Crippen LogP contribution in [0.15, 0.2) is 65.1 Å². The molecule has 128 valence electrons. The fourth-order valence-electron chi connectivity index (χ4n) is 2.50. The van der Waals surface area contributed by atoms with Gasteiger partial charge in [-0.05, 0) is 48.2 Å². The lowest BCUT2D eigenvalue weighted by atomic mass is 10.1. The third kappa shape index (κ3) is 4.20. The molecule has 0 aliphatic carbocycles. The van der Waals surface area contributed by atoms with Crippen molar-refractivity contribution in [3.63, 3.8) is 0 Å². The maximum Gasteiger partial charge on any atom is 0.343 e. The van der Waals surface area contributed by atoms with E-state index in [4.69, 9.17) is 9.47 Å². The van der Waals surface area contributed by atoms with E-state index in [0.717, 1.165) is 33.8 Å². The number of hydrogen-bond acceptors (Lipinski definition) is 3. The Labute approximate surface area is 155 Å². The minimum absolute atomic E-state index is 0.382. The number of carbonyl (C=O) groups is 1. The average molecular weight is 399 g/mol. The monoisotopic (exact) mass is 398 g/mol. The zero-order chi connectivity index (χ0) is 17.6. The number of halogens is 1. The Morgan fingerprint density at radius 3 is 2.40 bits per heavy atom. The maximum absolute atomic E-state index is 12.4. The summed E-state index contributed by atoms with van der Waals surface area (Å²) >= 11 is 3.52. The van der Waals surface area contributed by atoms with Crippen LogP contribution < -0.4 is 9.47 Å². The number of carbonyl (C=O) groups excluding carboxylic acids is 1. The van der Waals surface area contributed by atoms with Gasteiger partial charge in [-0.3, -0.25) is 0 Å². The topological polar surface area (TPSA) is 35.5 Å². The molecule has 0 heterocycles. The highest BCUT2D eigenvalue weighted by atomic mass is 79.9. The van der Waals surface area contributed by atoms with Crippen LogP contribution in [0.2, 0.25) is 0 Å². The van der Waals surface area contributed by atoms with Crippen molar-refractivity contribution in [3.8, 4) is 11.5 Å².